The van der Waals surface area contributed by atoms with Gasteiger partial charge in [-0.1, -0.05) is 0 Å². The molecule has 68 valence electrons. The van der Waals surface area contributed by atoms with Crippen LogP contribution in [-0.4, -0.2) is 17.2 Å². The molecule has 0 radical (unpaired) electrons. The molecule has 1 aromatic carbocycles. The van der Waals surface area contributed by atoms with Crippen LogP contribution in [0.4, 0.5) is 0 Å². The molecule has 0 spiro atoms. The highest BCUT2D eigenvalue weighted by Crippen LogP contribution is 2.34. The van der Waals surface area contributed by atoms with E-state index in [-0.39, 0.29) is 5.75 Å². The zero-order valence-corrected chi connectivity index (χ0v) is 7.59. The molecule has 0 unspecified atom stereocenters. The monoisotopic (exact) mass is 177 g/mol. The summed E-state index contributed by atoms with van der Waals surface area (Å²) in [5.41, 5.74) is 2.03. The molecule has 1 heterocycles. The molecule has 0 bridgehead atoms. The fraction of sp³-hybridized carbons (Fsp3) is 0.200. The molecular formula is C10H11NO2. The Kier molecular flexibility index (Phi) is 1.65. The number of fused-ring (bicyclic) bond motifs is 1. The summed E-state index contributed by atoms with van der Waals surface area (Å²) >= 11 is 0. The highest BCUT2D eigenvalue weighted by molar-refractivity contribution is 5.89. The van der Waals surface area contributed by atoms with Crippen LogP contribution in [0.15, 0.2) is 18.2 Å². The van der Waals surface area contributed by atoms with Crippen LogP contribution in [-0.2, 0) is 0 Å². The molecule has 3 heteroatoms. The highest BCUT2D eigenvalue weighted by Gasteiger charge is 2.08. The third kappa shape index (κ3) is 1.13. The fourth-order valence-corrected chi connectivity index (χ4v) is 1.52. The SMILES string of the molecule is COc1c(O)ccc2[nH]c(C)cc12. The number of aromatic amines is 1. The van der Waals surface area contributed by atoms with Crippen LogP contribution >= 0.6 is 0 Å². The van der Waals surface area contributed by atoms with Gasteiger partial charge in [0.1, 0.15) is 0 Å². The van der Waals surface area contributed by atoms with Gasteiger partial charge < -0.3 is 14.8 Å². The Morgan fingerprint density at radius 2 is 2.15 bits per heavy atom. The molecule has 13 heavy (non-hydrogen) atoms. The lowest BCUT2D eigenvalue weighted by molar-refractivity contribution is 0.378. The van der Waals surface area contributed by atoms with E-state index in [0.29, 0.717) is 5.75 Å². The zero-order valence-electron chi connectivity index (χ0n) is 7.59. The van der Waals surface area contributed by atoms with Gasteiger partial charge in [-0.15, -0.1) is 0 Å². The number of H-pyrrole nitrogens is 1. The second-order valence-electron chi connectivity index (χ2n) is 3.03. The molecule has 0 aliphatic carbocycles. The number of ether oxygens (including phenoxy) is 1. The first-order chi connectivity index (χ1) is 6.22. The first-order valence-electron chi connectivity index (χ1n) is 4.07. The molecular weight excluding hydrogens is 166 g/mol. The van der Waals surface area contributed by atoms with Crippen LogP contribution in [0.1, 0.15) is 5.69 Å². The van der Waals surface area contributed by atoms with Crippen LogP contribution in [0.25, 0.3) is 10.9 Å². The number of hydrogen-bond acceptors (Lipinski definition) is 2. The van der Waals surface area contributed by atoms with Gasteiger partial charge in [-0.2, -0.15) is 0 Å². The molecule has 0 fully saturated rings. The van der Waals surface area contributed by atoms with Crippen molar-refractivity contribution in [2.75, 3.05) is 7.11 Å². The predicted molar refractivity (Wildman–Crippen MR) is 51.3 cm³/mol. The summed E-state index contributed by atoms with van der Waals surface area (Å²) in [5, 5.41) is 10.4. The van der Waals surface area contributed by atoms with Crippen LogP contribution in [0.3, 0.4) is 0 Å². The zero-order chi connectivity index (χ0) is 9.42. The van der Waals surface area contributed by atoms with E-state index in [9.17, 15) is 5.11 Å². The number of aryl methyl sites for hydroxylation is 1. The maximum Gasteiger partial charge on any atom is 0.169 e. The first kappa shape index (κ1) is 7.98. The third-order valence-electron chi connectivity index (χ3n) is 2.07. The molecule has 0 aliphatic rings. The Labute approximate surface area is 76.0 Å². The van der Waals surface area contributed by atoms with Gasteiger partial charge >= 0.3 is 0 Å². The van der Waals surface area contributed by atoms with Gasteiger partial charge in [0.15, 0.2) is 11.5 Å². The Balaban J connectivity index is 2.82. The molecule has 1 aromatic heterocycles. The van der Waals surface area contributed by atoms with Gasteiger partial charge in [0.25, 0.3) is 0 Å². The average molecular weight is 177 g/mol. The van der Waals surface area contributed by atoms with Crippen LogP contribution in [0, 0.1) is 6.92 Å². The van der Waals surface area contributed by atoms with Gasteiger partial charge in [-0.25, -0.2) is 0 Å². The fourth-order valence-electron chi connectivity index (χ4n) is 1.52. The predicted octanol–water partition coefficient (Wildman–Crippen LogP) is 2.19. The van der Waals surface area contributed by atoms with Crippen molar-refractivity contribution in [3.8, 4) is 11.5 Å². The molecule has 0 atom stereocenters. The second-order valence-corrected chi connectivity index (χ2v) is 3.03. The standard InChI is InChI=1S/C10H11NO2/c1-6-5-7-8(11-6)3-4-9(12)10(7)13-2/h3-5,11-12H,1-2H3. The molecule has 0 saturated heterocycles. The Hall–Kier alpha value is -1.64. The van der Waals surface area contributed by atoms with Crippen molar-refractivity contribution in [3.05, 3.63) is 23.9 Å². The average Bonchev–Trinajstić information content (AvgIpc) is 2.45. The van der Waals surface area contributed by atoms with Crippen molar-refractivity contribution >= 4 is 10.9 Å². The summed E-state index contributed by atoms with van der Waals surface area (Å²) < 4.78 is 5.10. The van der Waals surface area contributed by atoms with E-state index in [1.54, 1.807) is 13.2 Å². The van der Waals surface area contributed by atoms with Crippen molar-refractivity contribution in [2.45, 2.75) is 6.92 Å². The van der Waals surface area contributed by atoms with E-state index in [1.807, 2.05) is 19.1 Å². The van der Waals surface area contributed by atoms with Gasteiger partial charge in [0.2, 0.25) is 0 Å². The quantitative estimate of drug-likeness (QED) is 0.701. The van der Waals surface area contributed by atoms with E-state index < -0.39 is 0 Å². The Bertz CT molecular complexity index is 445. The summed E-state index contributed by atoms with van der Waals surface area (Å²) in [4.78, 5) is 3.17. The number of aromatic nitrogens is 1. The lowest BCUT2D eigenvalue weighted by Gasteiger charge is -2.03. The van der Waals surface area contributed by atoms with Crippen molar-refractivity contribution < 1.29 is 9.84 Å². The number of hydrogen-bond donors (Lipinski definition) is 2. The summed E-state index contributed by atoms with van der Waals surface area (Å²) in [5.74, 6) is 0.704. The molecule has 0 amide bonds. The van der Waals surface area contributed by atoms with Gasteiger partial charge in [-0.3, -0.25) is 0 Å². The summed E-state index contributed by atoms with van der Waals surface area (Å²) in [6.07, 6.45) is 0. The first-order valence-corrected chi connectivity index (χ1v) is 4.07. The smallest absolute Gasteiger partial charge is 0.169 e. The molecule has 2 rings (SSSR count). The highest BCUT2D eigenvalue weighted by atomic mass is 16.5. The largest absolute Gasteiger partial charge is 0.504 e. The minimum Gasteiger partial charge on any atom is -0.504 e. The maximum absolute atomic E-state index is 9.48. The van der Waals surface area contributed by atoms with Gasteiger partial charge in [0.05, 0.1) is 7.11 Å². The summed E-state index contributed by atoms with van der Waals surface area (Å²) in [6.45, 7) is 1.97. The molecule has 2 aromatic rings. The van der Waals surface area contributed by atoms with Crippen molar-refractivity contribution in [3.63, 3.8) is 0 Å². The number of phenols is 1. The number of aromatic hydroxyl groups is 1. The van der Waals surface area contributed by atoms with Crippen LogP contribution in [0.5, 0.6) is 11.5 Å². The topological polar surface area (TPSA) is 45.2 Å². The molecule has 3 nitrogen and oxygen atoms in total. The van der Waals surface area contributed by atoms with E-state index in [4.69, 9.17) is 4.74 Å². The third-order valence-corrected chi connectivity index (χ3v) is 2.07. The number of phenolic OH excluding ortho intramolecular Hbond substituents is 1. The summed E-state index contributed by atoms with van der Waals surface area (Å²) in [6, 6.07) is 5.41. The van der Waals surface area contributed by atoms with E-state index in [1.165, 1.54) is 0 Å². The number of rotatable bonds is 1. The normalized spacial score (nSPS) is 10.6. The van der Waals surface area contributed by atoms with Crippen LogP contribution < -0.4 is 4.74 Å². The summed E-state index contributed by atoms with van der Waals surface area (Å²) in [7, 11) is 1.55. The minimum atomic E-state index is 0.175. The molecule has 2 N–H and O–H groups in total. The molecule has 0 saturated carbocycles. The lowest BCUT2D eigenvalue weighted by atomic mass is 10.2. The number of methoxy groups -OCH3 is 1. The van der Waals surface area contributed by atoms with Crippen molar-refractivity contribution in [1.82, 2.24) is 4.98 Å². The minimum absolute atomic E-state index is 0.175. The van der Waals surface area contributed by atoms with E-state index in [0.717, 1.165) is 16.6 Å². The van der Waals surface area contributed by atoms with E-state index in [2.05, 4.69) is 4.98 Å². The second kappa shape index (κ2) is 2.69. The van der Waals surface area contributed by atoms with Crippen LogP contribution in [0.2, 0.25) is 0 Å². The van der Waals surface area contributed by atoms with Crippen molar-refractivity contribution in [2.24, 2.45) is 0 Å². The van der Waals surface area contributed by atoms with E-state index >= 15 is 0 Å². The maximum atomic E-state index is 9.48. The van der Waals surface area contributed by atoms with Gasteiger partial charge in [-0.05, 0) is 25.1 Å². The van der Waals surface area contributed by atoms with Gasteiger partial charge in [0, 0.05) is 16.6 Å². The lowest BCUT2D eigenvalue weighted by Crippen LogP contribution is -1.83. The number of benzene rings is 1. The van der Waals surface area contributed by atoms with Crippen molar-refractivity contribution in [1.29, 1.82) is 0 Å². The number of nitrogens with one attached hydrogen (secondary N) is 1. The Morgan fingerprint density at radius 3 is 2.85 bits per heavy atom. The Morgan fingerprint density at radius 1 is 1.38 bits per heavy atom. The molecule has 0 aliphatic heterocycles.